The minimum Gasteiger partial charge on any atom is -0.248 e. The first kappa shape index (κ1) is 24.8. The molecule has 0 fully saturated rings. The van der Waals surface area contributed by atoms with Crippen molar-refractivity contribution in [1.29, 1.82) is 0 Å². The molecule has 3 heterocycles. The number of hydrogen-bond acceptors (Lipinski definition) is 5. The Labute approximate surface area is 252 Å². The molecule has 0 unspecified atom stereocenters. The van der Waals surface area contributed by atoms with Crippen molar-refractivity contribution < 1.29 is 0 Å². The summed E-state index contributed by atoms with van der Waals surface area (Å²) in [6.07, 6.45) is 0. The van der Waals surface area contributed by atoms with Gasteiger partial charge in [0.25, 0.3) is 0 Å². The Morgan fingerprint density at radius 3 is 0.932 bits per heavy atom. The van der Waals surface area contributed by atoms with Crippen molar-refractivity contribution in [2.75, 3.05) is 0 Å². The molecule has 0 saturated heterocycles. The molecular formula is C39H25N5. The molecule has 9 aromatic rings. The molecule has 3 aromatic heterocycles. The maximum Gasteiger partial charge on any atom is 0.111 e. The summed E-state index contributed by atoms with van der Waals surface area (Å²) >= 11 is 0. The summed E-state index contributed by atoms with van der Waals surface area (Å²) in [5, 5.41) is 9.08. The summed E-state index contributed by atoms with van der Waals surface area (Å²) < 4.78 is 0. The third-order valence-electron chi connectivity index (χ3n) is 8.68. The van der Waals surface area contributed by atoms with Crippen LogP contribution in [0.25, 0.3) is 87.9 Å². The van der Waals surface area contributed by atoms with Crippen molar-refractivity contribution in [1.82, 2.24) is 24.9 Å². The highest BCUT2D eigenvalue weighted by atomic mass is 14.9. The van der Waals surface area contributed by atoms with Gasteiger partial charge in [0.15, 0.2) is 0 Å². The first-order valence-electron chi connectivity index (χ1n) is 14.8. The fourth-order valence-electron chi connectivity index (χ4n) is 6.67. The van der Waals surface area contributed by atoms with Gasteiger partial charge in [-0.25, -0.2) is 24.9 Å². The van der Waals surface area contributed by atoms with Crippen LogP contribution in [0.2, 0.25) is 0 Å². The van der Waals surface area contributed by atoms with Gasteiger partial charge in [-0.05, 0) is 47.5 Å². The Hall–Kier alpha value is -5.81. The van der Waals surface area contributed by atoms with E-state index in [0.717, 1.165) is 77.8 Å². The third-order valence-corrected chi connectivity index (χ3v) is 8.68. The molecule has 0 aliphatic rings. The second-order valence-electron chi connectivity index (χ2n) is 11.3. The monoisotopic (exact) mass is 563 g/mol. The van der Waals surface area contributed by atoms with Crippen molar-refractivity contribution in [2.45, 2.75) is 13.8 Å². The van der Waals surface area contributed by atoms with E-state index in [2.05, 4.69) is 97.1 Å². The molecule has 0 radical (unpaired) electrons. The van der Waals surface area contributed by atoms with Gasteiger partial charge in [-0.3, -0.25) is 0 Å². The number of hydrogen-bond donors (Lipinski definition) is 0. The summed E-state index contributed by atoms with van der Waals surface area (Å²) in [5.41, 5.74) is 8.30. The Morgan fingerprint density at radius 2 is 0.591 bits per heavy atom. The predicted molar refractivity (Wildman–Crippen MR) is 181 cm³/mol. The molecule has 0 aliphatic carbocycles. The minimum atomic E-state index is 0.760. The zero-order valence-electron chi connectivity index (χ0n) is 24.2. The summed E-state index contributed by atoms with van der Waals surface area (Å²) in [6, 6.07) is 39.7. The highest BCUT2D eigenvalue weighted by molar-refractivity contribution is 6.24. The van der Waals surface area contributed by atoms with Crippen LogP contribution in [0, 0.1) is 13.8 Å². The molecule has 0 atom stereocenters. The van der Waals surface area contributed by atoms with Gasteiger partial charge in [-0.15, -0.1) is 0 Å². The van der Waals surface area contributed by atoms with E-state index in [0.29, 0.717) is 0 Å². The Bertz CT molecular complexity index is 2460. The number of aromatic nitrogens is 5. The van der Waals surface area contributed by atoms with Gasteiger partial charge in [0, 0.05) is 21.5 Å². The molecule has 44 heavy (non-hydrogen) atoms. The molecular weight excluding hydrogens is 538 g/mol. The first-order valence-corrected chi connectivity index (χ1v) is 14.8. The summed E-state index contributed by atoms with van der Waals surface area (Å²) in [4.78, 5) is 25.9. The number of aryl methyl sites for hydroxylation is 2. The standard InChI is InChI=1S/C39H25N5/c1-22-34(43-38-30-18-9-5-14-26(30)24-12-3-7-16-28(24)36(38)40-22)32-20-11-21-33(42-32)35-23(2)41-37-29-17-8-4-13-25(29)27-15-6-10-19-31(27)39(37)44-35/h3-21H,1-2H3. The van der Waals surface area contributed by atoms with E-state index in [1.54, 1.807) is 0 Å². The number of pyridine rings is 1. The van der Waals surface area contributed by atoms with E-state index >= 15 is 0 Å². The number of rotatable bonds is 2. The van der Waals surface area contributed by atoms with E-state index in [-0.39, 0.29) is 0 Å². The van der Waals surface area contributed by atoms with Gasteiger partial charge >= 0.3 is 0 Å². The van der Waals surface area contributed by atoms with Crippen LogP contribution < -0.4 is 0 Å². The van der Waals surface area contributed by atoms with Crippen LogP contribution in [0.5, 0.6) is 0 Å². The average Bonchev–Trinajstić information content (AvgIpc) is 3.08. The highest BCUT2D eigenvalue weighted by Crippen LogP contribution is 2.37. The Morgan fingerprint density at radius 1 is 0.295 bits per heavy atom. The average molecular weight is 564 g/mol. The fraction of sp³-hybridized carbons (Fsp3) is 0.0513. The lowest BCUT2D eigenvalue weighted by Crippen LogP contribution is -2.01. The first-order chi connectivity index (χ1) is 21.7. The molecule has 6 aromatic carbocycles. The van der Waals surface area contributed by atoms with Crippen molar-refractivity contribution in [2.24, 2.45) is 0 Å². The van der Waals surface area contributed by atoms with Crippen LogP contribution in [0.4, 0.5) is 0 Å². The maximum absolute atomic E-state index is 5.24. The Balaban J connectivity index is 1.27. The molecule has 9 rings (SSSR count). The van der Waals surface area contributed by atoms with Crippen LogP contribution in [-0.4, -0.2) is 24.9 Å². The molecule has 0 spiro atoms. The van der Waals surface area contributed by atoms with Gasteiger partial charge in [0.05, 0.1) is 44.8 Å². The lowest BCUT2D eigenvalue weighted by molar-refractivity contribution is 1.15. The molecule has 0 bridgehead atoms. The van der Waals surface area contributed by atoms with Crippen LogP contribution in [0.3, 0.4) is 0 Å². The molecule has 0 aliphatic heterocycles. The van der Waals surface area contributed by atoms with E-state index in [9.17, 15) is 0 Å². The smallest absolute Gasteiger partial charge is 0.111 e. The molecule has 206 valence electrons. The third kappa shape index (κ3) is 3.56. The SMILES string of the molecule is Cc1nc2c3ccccc3c3ccccc3c2nc1-c1cccc(-c2nc3c4ccccc4c4ccccc4c3nc2C)n1. The van der Waals surface area contributed by atoms with Crippen LogP contribution >= 0.6 is 0 Å². The normalized spacial score (nSPS) is 11.9. The topological polar surface area (TPSA) is 64.5 Å². The number of benzene rings is 6. The molecule has 0 saturated carbocycles. The van der Waals surface area contributed by atoms with Gasteiger partial charge < -0.3 is 0 Å². The molecule has 5 nitrogen and oxygen atoms in total. The summed E-state index contributed by atoms with van der Waals surface area (Å²) in [7, 11) is 0. The molecule has 5 heteroatoms. The lowest BCUT2D eigenvalue weighted by atomic mass is 9.99. The predicted octanol–water partition coefficient (Wildman–Crippen LogP) is 9.53. The maximum atomic E-state index is 5.24. The van der Waals surface area contributed by atoms with Crippen molar-refractivity contribution in [3.8, 4) is 22.8 Å². The highest BCUT2D eigenvalue weighted by Gasteiger charge is 2.18. The van der Waals surface area contributed by atoms with E-state index in [4.69, 9.17) is 24.9 Å². The Kier molecular flexibility index (Phi) is 5.26. The number of fused-ring (bicyclic) bond motifs is 12. The largest absolute Gasteiger partial charge is 0.248 e. The number of nitrogens with zero attached hydrogens (tertiary/aromatic N) is 5. The fourth-order valence-corrected chi connectivity index (χ4v) is 6.67. The second-order valence-corrected chi connectivity index (χ2v) is 11.3. The van der Waals surface area contributed by atoms with Crippen LogP contribution in [-0.2, 0) is 0 Å². The second kappa shape index (κ2) is 9.35. The zero-order chi connectivity index (χ0) is 29.4. The molecule has 0 amide bonds. The van der Waals surface area contributed by atoms with Crippen LogP contribution in [0.15, 0.2) is 115 Å². The van der Waals surface area contributed by atoms with Gasteiger partial charge in [-0.2, -0.15) is 0 Å². The van der Waals surface area contributed by atoms with Gasteiger partial charge in [0.2, 0.25) is 0 Å². The van der Waals surface area contributed by atoms with Crippen molar-refractivity contribution in [3.05, 3.63) is 127 Å². The van der Waals surface area contributed by atoms with Gasteiger partial charge in [-0.1, -0.05) is 103 Å². The lowest BCUT2D eigenvalue weighted by Gasteiger charge is -2.14. The van der Waals surface area contributed by atoms with Gasteiger partial charge in [0.1, 0.15) is 11.4 Å². The quantitative estimate of drug-likeness (QED) is 0.196. The zero-order valence-corrected chi connectivity index (χ0v) is 24.2. The van der Waals surface area contributed by atoms with Crippen molar-refractivity contribution in [3.63, 3.8) is 0 Å². The minimum absolute atomic E-state index is 0.760. The van der Waals surface area contributed by atoms with E-state index in [1.807, 2.05) is 32.0 Å². The van der Waals surface area contributed by atoms with E-state index < -0.39 is 0 Å². The summed E-state index contributed by atoms with van der Waals surface area (Å²) in [5.74, 6) is 0. The summed E-state index contributed by atoms with van der Waals surface area (Å²) in [6.45, 7) is 4.02. The molecule has 0 N–H and O–H groups in total. The van der Waals surface area contributed by atoms with E-state index in [1.165, 1.54) is 21.5 Å². The van der Waals surface area contributed by atoms with Crippen LogP contribution in [0.1, 0.15) is 11.4 Å². The van der Waals surface area contributed by atoms with Crippen molar-refractivity contribution >= 4 is 65.2 Å².